The first-order valence-corrected chi connectivity index (χ1v) is 7.13. The minimum absolute atomic E-state index is 0.0478. The molecule has 1 aliphatic rings. The van der Waals surface area contributed by atoms with Gasteiger partial charge < -0.3 is 0 Å². The Hall–Kier alpha value is -0.160. The zero-order valence-corrected chi connectivity index (χ0v) is 10.0. The largest absolute Gasteiger partial charge is 0.198 e. The van der Waals surface area contributed by atoms with Crippen LogP contribution in [0.2, 0.25) is 0 Å². The molecule has 1 rings (SSSR count). The first-order valence-electron chi connectivity index (χ1n) is 5.73. The van der Waals surface area contributed by atoms with Crippen molar-refractivity contribution in [2.75, 3.05) is 12.0 Å². The second-order valence-electron chi connectivity index (χ2n) is 4.40. The molecule has 1 nitrogen and oxygen atoms in total. The summed E-state index contributed by atoms with van der Waals surface area (Å²) in [4.78, 5) is 0. The predicted octanol–water partition coefficient (Wildman–Crippen LogP) is 3.99. The van der Waals surface area contributed by atoms with Crippen molar-refractivity contribution in [1.29, 1.82) is 5.26 Å². The Morgan fingerprint density at radius 1 is 1.21 bits per heavy atom. The molecule has 14 heavy (non-hydrogen) atoms. The van der Waals surface area contributed by atoms with Gasteiger partial charge in [-0.05, 0) is 37.7 Å². The lowest BCUT2D eigenvalue weighted by Gasteiger charge is -2.24. The predicted molar refractivity (Wildman–Crippen MR) is 63.4 cm³/mol. The third-order valence-electron chi connectivity index (χ3n) is 3.30. The summed E-state index contributed by atoms with van der Waals surface area (Å²) >= 11 is 1.90. The summed E-state index contributed by atoms with van der Waals surface area (Å²) < 4.78 is 0. The second kappa shape index (κ2) is 6.35. The van der Waals surface area contributed by atoms with E-state index in [0.717, 1.165) is 19.3 Å². The van der Waals surface area contributed by atoms with Crippen LogP contribution in [0.3, 0.4) is 0 Å². The molecule has 0 amide bonds. The SMILES string of the molecule is CSCCCC1(C#N)CCCCCC1. The molecule has 0 aromatic carbocycles. The van der Waals surface area contributed by atoms with Crippen LogP contribution in [0.4, 0.5) is 0 Å². The monoisotopic (exact) mass is 211 g/mol. The maximum absolute atomic E-state index is 9.31. The number of hydrogen-bond acceptors (Lipinski definition) is 2. The van der Waals surface area contributed by atoms with Crippen molar-refractivity contribution in [3.05, 3.63) is 0 Å². The molecule has 0 spiro atoms. The molecule has 0 bridgehead atoms. The smallest absolute Gasteiger partial charge is 0.0689 e. The second-order valence-corrected chi connectivity index (χ2v) is 5.39. The van der Waals surface area contributed by atoms with Crippen LogP contribution in [0, 0.1) is 16.7 Å². The molecule has 0 N–H and O–H groups in total. The van der Waals surface area contributed by atoms with Crippen LogP contribution in [-0.2, 0) is 0 Å². The Bertz CT molecular complexity index is 187. The van der Waals surface area contributed by atoms with Crippen LogP contribution in [-0.4, -0.2) is 12.0 Å². The van der Waals surface area contributed by atoms with Gasteiger partial charge in [0.2, 0.25) is 0 Å². The summed E-state index contributed by atoms with van der Waals surface area (Å²) in [6, 6.07) is 2.61. The number of nitrogens with zero attached hydrogens (tertiary/aromatic N) is 1. The van der Waals surface area contributed by atoms with Crippen LogP contribution in [0.15, 0.2) is 0 Å². The van der Waals surface area contributed by atoms with Gasteiger partial charge in [-0.15, -0.1) is 0 Å². The van der Waals surface area contributed by atoms with Gasteiger partial charge in [0.25, 0.3) is 0 Å². The highest BCUT2D eigenvalue weighted by atomic mass is 32.2. The third kappa shape index (κ3) is 3.53. The van der Waals surface area contributed by atoms with Gasteiger partial charge in [-0.25, -0.2) is 0 Å². The van der Waals surface area contributed by atoms with Gasteiger partial charge in [0.15, 0.2) is 0 Å². The summed E-state index contributed by atoms with van der Waals surface area (Å²) in [6.07, 6.45) is 12.0. The van der Waals surface area contributed by atoms with Crippen LogP contribution < -0.4 is 0 Å². The summed E-state index contributed by atoms with van der Waals surface area (Å²) in [5.74, 6) is 1.21. The summed E-state index contributed by atoms with van der Waals surface area (Å²) in [6.45, 7) is 0. The van der Waals surface area contributed by atoms with Gasteiger partial charge in [0.05, 0.1) is 11.5 Å². The lowest BCUT2D eigenvalue weighted by molar-refractivity contribution is 0.313. The molecule has 2 heteroatoms. The van der Waals surface area contributed by atoms with Crippen molar-refractivity contribution in [3.8, 4) is 6.07 Å². The van der Waals surface area contributed by atoms with E-state index < -0.39 is 0 Å². The fraction of sp³-hybridized carbons (Fsp3) is 0.917. The van der Waals surface area contributed by atoms with Crippen molar-refractivity contribution in [2.45, 2.75) is 51.4 Å². The highest BCUT2D eigenvalue weighted by Gasteiger charge is 2.29. The van der Waals surface area contributed by atoms with Crippen molar-refractivity contribution < 1.29 is 0 Å². The summed E-state index contributed by atoms with van der Waals surface area (Å²) in [7, 11) is 0. The van der Waals surface area contributed by atoms with E-state index >= 15 is 0 Å². The Morgan fingerprint density at radius 2 is 1.86 bits per heavy atom. The normalized spacial score (nSPS) is 21.1. The highest BCUT2D eigenvalue weighted by Crippen LogP contribution is 2.38. The molecule has 0 heterocycles. The molecule has 1 saturated carbocycles. The lowest BCUT2D eigenvalue weighted by Crippen LogP contribution is -2.17. The maximum Gasteiger partial charge on any atom is 0.0689 e. The fourth-order valence-corrected chi connectivity index (χ4v) is 2.81. The van der Waals surface area contributed by atoms with E-state index in [-0.39, 0.29) is 5.41 Å². The molecule has 0 unspecified atom stereocenters. The Labute approximate surface area is 92.3 Å². The van der Waals surface area contributed by atoms with Gasteiger partial charge >= 0.3 is 0 Å². The first-order chi connectivity index (χ1) is 6.83. The van der Waals surface area contributed by atoms with Gasteiger partial charge in [0, 0.05) is 0 Å². The molecule has 0 atom stereocenters. The molecule has 0 aliphatic heterocycles. The molecule has 0 saturated heterocycles. The van der Waals surface area contributed by atoms with E-state index in [1.807, 2.05) is 11.8 Å². The number of rotatable bonds is 4. The maximum atomic E-state index is 9.31. The Morgan fingerprint density at radius 3 is 2.36 bits per heavy atom. The van der Waals surface area contributed by atoms with Crippen LogP contribution in [0.1, 0.15) is 51.4 Å². The third-order valence-corrected chi connectivity index (χ3v) is 4.00. The molecule has 0 radical (unpaired) electrons. The molecule has 1 fully saturated rings. The topological polar surface area (TPSA) is 23.8 Å². The summed E-state index contributed by atoms with van der Waals surface area (Å²) in [5.41, 5.74) is 0.0478. The van der Waals surface area contributed by atoms with E-state index in [4.69, 9.17) is 0 Å². The van der Waals surface area contributed by atoms with Crippen LogP contribution in [0.25, 0.3) is 0 Å². The molecular weight excluding hydrogens is 190 g/mol. The molecular formula is C12H21NS. The number of thioether (sulfide) groups is 1. The molecule has 80 valence electrons. The Kier molecular flexibility index (Phi) is 5.40. The first kappa shape index (κ1) is 11.9. The van der Waals surface area contributed by atoms with Crippen molar-refractivity contribution in [3.63, 3.8) is 0 Å². The fourth-order valence-electron chi connectivity index (χ4n) is 2.38. The quantitative estimate of drug-likeness (QED) is 0.518. The zero-order chi connectivity index (χ0) is 10.3. The van der Waals surface area contributed by atoms with Crippen molar-refractivity contribution in [1.82, 2.24) is 0 Å². The van der Waals surface area contributed by atoms with E-state index in [9.17, 15) is 5.26 Å². The van der Waals surface area contributed by atoms with E-state index in [2.05, 4.69) is 12.3 Å². The van der Waals surface area contributed by atoms with Gasteiger partial charge in [-0.2, -0.15) is 17.0 Å². The average molecular weight is 211 g/mol. The van der Waals surface area contributed by atoms with Crippen LogP contribution >= 0.6 is 11.8 Å². The van der Waals surface area contributed by atoms with Crippen molar-refractivity contribution in [2.24, 2.45) is 5.41 Å². The van der Waals surface area contributed by atoms with Gasteiger partial charge in [-0.1, -0.05) is 25.7 Å². The zero-order valence-electron chi connectivity index (χ0n) is 9.22. The highest BCUT2D eigenvalue weighted by molar-refractivity contribution is 7.98. The molecule has 0 aromatic rings. The van der Waals surface area contributed by atoms with Gasteiger partial charge in [-0.3, -0.25) is 0 Å². The molecule has 0 aromatic heterocycles. The van der Waals surface area contributed by atoms with E-state index in [0.29, 0.717) is 0 Å². The lowest BCUT2D eigenvalue weighted by atomic mass is 9.78. The Balaban J connectivity index is 2.42. The van der Waals surface area contributed by atoms with Crippen molar-refractivity contribution >= 4 is 11.8 Å². The minimum atomic E-state index is 0.0478. The summed E-state index contributed by atoms with van der Waals surface area (Å²) in [5, 5.41) is 9.31. The van der Waals surface area contributed by atoms with Crippen LogP contribution in [0.5, 0.6) is 0 Å². The average Bonchev–Trinajstić information content (AvgIpc) is 2.45. The number of nitriles is 1. The molecule has 1 aliphatic carbocycles. The number of hydrogen-bond donors (Lipinski definition) is 0. The van der Waals surface area contributed by atoms with E-state index in [1.165, 1.54) is 37.9 Å². The van der Waals surface area contributed by atoms with E-state index in [1.54, 1.807) is 0 Å². The standard InChI is InChI=1S/C12H21NS/c1-14-10-6-9-12(11-13)7-4-2-3-5-8-12/h2-10H2,1H3. The minimum Gasteiger partial charge on any atom is -0.198 e. The van der Waals surface area contributed by atoms with Gasteiger partial charge in [0.1, 0.15) is 0 Å².